The Hall–Kier alpha value is -3.19. The fourth-order valence-electron chi connectivity index (χ4n) is 2.78. The van der Waals surface area contributed by atoms with Crippen LogP contribution < -0.4 is 4.31 Å². The van der Waals surface area contributed by atoms with Gasteiger partial charge in [0.2, 0.25) is 10.0 Å². The van der Waals surface area contributed by atoms with Gasteiger partial charge in [-0.1, -0.05) is 66.7 Å². The second-order valence-electron chi connectivity index (χ2n) is 5.97. The molecular weight excluding hydrogens is 364 g/mol. The SMILES string of the molecule is O=[N+]([O-])c1ccccc1CS(=O)(=O)N(Cc1ccccc1)c1ccccc1. The number of hydrogen-bond acceptors (Lipinski definition) is 4. The van der Waals surface area contributed by atoms with Gasteiger partial charge in [-0.3, -0.25) is 14.4 Å². The van der Waals surface area contributed by atoms with Gasteiger partial charge in [-0.25, -0.2) is 8.42 Å². The molecule has 138 valence electrons. The van der Waals surface area contributed by atoms with E-state index in [9.17, 15) is 18.5 Å². The quantitative estimate of drug-likeness (QED) is 0.454. The first-order chi connectivity index (χ1) is 13.0. The molecular formula is C20H18N2O4S. The summed E-state index contributed by atoms with van der Waals surface area (Å²) in [4.78, 5) is 10.7. The normalized spacial score (nSPS) is 11.1. The van der Waals surface area contributed by atoms with Crippen LogP contribution in [0, 0.1) is 10.1 Å². The van der Waals surface area contributed by atoms with Crippen molar-refractivity contribution < 1.29 is 13.3 Å². The number of nitrogens with zero attached hydrogens (tertiary/aromatic N) is 2. The summed E-state index contributed by atoms with van der Waals surface area (Å²) in [6.07, 6.45) is 0. The van der Waals surface area contributed by atoms with Crippen molar-refractivity contribution in [1.29, 1.82) is 0 Å². The first kappa shape index (κ1) is 18.6. The fourth-order valence-corrected chi connectivity index (χ4v) is 4.36. The molecule has 7 heteroatoms. The summed E-state index contributed by atoms with van der Waals surface area (Å²) < 4.78 is 27.7. The van der Waals surface area contributed by atoms with Crippen molar-refractivity contribution in [2.75, 3.05) is 4.31 Å². The first-order valence-corrected chi connectivity index (χ1v) is 9.90. The number of para-hydroxylation sites is 2. The minimum absolute atomic E-state index is 0.147. The largest absolute Gasteiger partial charge is 0.273 e. The van der Waals surface area contributed by atoms with E-state index in [2.05, 4.69) is 0 Å². The third-order valence-electron chi connectivity index (χ3n) is 4.08. The molecule has 0 amide bonds. The van der Waals surface area contributed by atoms with Crippen LogP contribution in [0.3, 0.4) is 0 Å². The maximum Gasteiger partial charge on any atom is 0.273 e. The van der Waals surface area contributed by atoms with Crippen molar-refractivity contribution in [2.45, 2.75) is 12.3 Å². The maximum absolute atomic E-state index is 13.2. The van der Waals surface area contributed by atoms with Crippen LogP contribution in [-0.4, -0.2) is 13.3 Å². The molecule has 0 saturated heterocycles. The zero-order valence-corrected chi connectivity index (χ0v) is 15.2. The Morgan fingerprint density at radius 1 is 0.815 bits per heavy atom. The van der Waals surface area contributed by atoms with Crippen molar-refractivity contribution in [3.8, 4) is 0 Å². The molecule has 0 radical (unpaired) electrons. The summed E-state index contributed by atoms with van der Waals surface area (Å²) in [5, 5.41) is 11.2. The molecule has 3 aromatic carbocycles. The van der Waals surface area contributed by atoms with Crippen molar-refractivity contribution in [3.05, 3.63) is 106 Å². The monoisotopic (exact) mass is 382 g/mol. The van der Waals surface area contributed by atoms with Crippen molar-refractivity contribution in [2.24, 2.45) is 0 Å². The van der Waals surface area contributed by atoms with Crippen LogP contribution in [0.15, 0.2) is 84.9 Å². The lowest BCUT2D eigenvalue weighted by Crippen LogP contribution is -2.31. The molecule has 0 aliphatic rings. The molecule has 0 atom stereocenters. The Labute approximate surface area is 157 Å². The lowest BCUT2D eigenvalue weighted by molar-refractivity contribution is -0.385. The van der Waals surface area contributed by atoms with E-state index < -0.39 is 20.7 Å². The lowest BCUT2D eigenvalue weighted by Gasteiger charge is -2.24. The number of sulfonamides is 1. The molecule has 0 fully saturated rings. The summed E-state index contributed by atoms with van der Waals surface area (Å²) in [6, 6.07) is 23.9. The third-order valence-corrected chi connectivity index (χ3v) is 5.76. The highest BCUT2D eigenvalue weighted by Crippen LogP contribution is 2.26. The molecule has 0 bridgehead atoms. The maximum atomic E-state index is 13.2. The number of anilines is 1. The summed E-state index contributed by atoms with van der Waals surface area (Å²) in [5.74, 6) is -0.452. The third kappa shape index (κ3) is 4.51. The molecule has 0 heterocycles. The Balaban J connectivity index is 1.99. The van der Waals surface area contributed by atoms with Crippen molar-refractivity contribution in [1.82, 2.24) is 0 Å². The molecule has 0 N–H and O–H groups in total. The molecule has 0 aliphatic carbocycles. The Morgan fingerprint density at radius 3 is 2.00 bits per heavy atom. The predicted octanol–water partition coefficient (Wildman–Crippen LogP) is 4.13. The smallest absolute Gasteiger partial charge is 0.266 e. The number of benzene rings is 3. The van der Waals surface area contributed by atoms with Gasteiger partial charge >= 0.3 is 0 Å². The first-order valence-electron chi connectivity index (χ1n) is 8.29. The molecule has 0 saturated carbocycles. The number of nitro benzene ring substituents is 1. The summed E-state index contributed by atoms with van der Waals surface area (Å²) in [5.41, 5.74) is 1.30. The molecule has 3 aromatic rings. The van der Waals surface area contributed by atoms with Crippen LogP contribution >= 0.6 is 0 Å². The summed E-state index contributed by atoms with van der Waals surface area (Å²) in [6.45, 7) is 0.147. The van der Waals surface area contributed by atoms with E-state index in [-0.39, 0.29) is 17.8 Å². The highest BCUT2D eigenvalue weighted by atomic mass is 32.2. The zero-order chi connectivity index (χ0) is 19.3. The zero-order valence-electron chi connectivity index (χ0n) is 14.4. The van der Waals surface area contributed by atoms with Gasteiger partial charge in [0.05, 0.1) is 17.2 Å². The second-order valence-corrected chi connectivity index (χ2v) is 7.86. The molecule has 3 rings (SSSR count). The summed E-state index contributed by atoms with van der Waals surface area (Å²) >= 11 is 0. The van der Waals surface area contributed by atoms with Crippen LogP contribution in [0.4, 0.5) is 11.4 Å². The van der Waals surface area contributed by atoms with Crippen molar-refractivity contribution in [3.63, 3.8) is 0 Å². The van der Waals surface area contributed by atoms with Crippen LogP contribution in [0.5, 0.6) is 0 Å². The molecule has 27 heavy (non-hydrogen) atoms. The Kier molecular flexibility index (Phi) is 5.52. The summed E-state index contributed by atoms with van der Waals surface area (Å²) in [7, 11) is -3.85. The van der Waals surface area contributed by atoms with E-state index in [4.69, 9.17) is 0 Å². The highest BCUT2D eigenvalue weighted by molar-refractivity contribution is 7.92. The van der Waals surface area contributed by atoms with Crippen LogP contribution in [0.1, 0.15) is 11.1 Å². The molecule has 6 nitrogen and oxygen atoms in total. The topological polar surface area (TPSA) is 80.5 Å². The van der Waals surface area contributed by atoms with Crippen LogP contribution in [0.2, 0.25) is 0 Å². The van der Waals surface area contributed by atoms with E-state index in [1.807, 2.05) is 30.3 Å². The average Bonchev–Trinajstić information content (AvgIpc) is 2.67. The van der Waals surface area contributed by atoms with E-state index in [0.29, 0.717) is 5.69 Å². The minimum atomic E-state index is -3.85. The van der Waals surface area contributed by atoms with E-state index in [0.717, 1.165) is 5.56 Å². The van der Waals surface area contributed by atoms with Gasteiger partial charge in [0.15, 0.2) is 0 Å². The van der Waals surface area contributed by atoms with E-state index in [1.54, 1.807) is 36.4 Å². The van der Waals surface area contributed by atoms with Gasteiger partial charge in [0.1, 0.15) is 5.75 Å². The number of nitro groups is 1. The molecule has 0 unspecified atom stereocenters. The Morgan fingerprint density at radius 2 is 1.37 bits per heavy atom. The van der Waals surface area contributed by atoms with Crippen LogP contribution in [0.25, 0.3) is 0 Å². The van der Waals surface area contributed by atoms with E-state index in [1.165, 1.54) is 22.5 Å². The van der Waals surface area contributed by atoms with Crippen molar-refractivity contribution >= 4 is 21.4 Å². The highest BCUT2D eigenvalue weighted by Gasteiger charge is 2.26. The van der Waals surface area contributed by atoms with Gasteiger partial charge in [-0.15, -0.1) is 0 Å². The van der Waals surface area contributed by atoms with Gasteiger partial charge in [0, 0.05) is 11.6 Å². The number of hydrogen-bond donors (Lipinski definition) is 0. The fraction of sp³-hybridized carbons (Fsp3) is 0.100. The number of rotatable bonds is 7. The van der Waals surface area contributed by atoms with Gasteiger partial charge in [-0.05, 0) is 17.7 Å². The molecule has 0 aromatic heterocycles. The van der Waals surface area contributed by atoms with E-state index >= 15 is 0 Å². The standard InChI is InChI=1S/C20H18N2O4S/c23-22(24)20-14-8-7-11-18(20)16-27(25,26)21(19-12-5-2-6-13-19)15-17-9-3-1-4-10-17/h1-14H,15-16H2. The lowest BCUT2D eigenvalue weighted by atomic mass is 10.2. The van der Waals surface area contributed by atoms with Gasteiger partial charge in [0.25, 0.3) is 5.69 Å². The van der Waals surface area contributed by atoms with Gasteiger partial charge in [-0.2, -0.15) is 0 Å². The second kappa shape index (κ2) is 8.01. The predicted molar refractivity (Wildman–Crippen MR) is 105 cm³/mol. The molecule has 0 aliphatic heterocycles. The van der Waals surface area contributed by atoms with Crippen LogP contribution in [-0.2, 0) is 22.3 Å². The van der Waals surface area contributed by atoms with Gasteiger partial charge < -0.3 is 0 Å². The minimum Gasteiger partial charge on any atom is -0.266 e. The molecule has 0 spiro atoms. The Bertz CT molecular complexity index is 1020. The average molecular weight is 382 g/mol.